The molecule has 0 spiro atoms. The van der Waals surface area contributed by atoms with E-state index in [2.05, 4.69) is 38.3 Å². The van der Waals surface area contributed by atoms with Gasteiger partial charge in [-0.25, -0.2) is 0 Å². The average molecular weight is 195 g/mol. The van der Waals surface area contributed by atoms with E-state index < -0.39 is 0 Å². The maximum Gasteiger partial charge on any atom is 0.0832 e. The summed E-state index contributed by atoms with van der Waals surface area (Å²) in [5, 5.41) is 9.21. The molecule has 0 atom stereocenters. The van der Waals surface area contributed by atoms with Crippen molar-refractivity contribution in [2.45, 2.75) is 46.8 Å². The van der Waals surface area contributed by atoms with Gasteiger partial charge >= 0.3 is 0 Å². The maximum atomic E-state index is 9.21. The monoisotopic (exact) mass is 195 g/mol. The lowest BCUT2D eigenvalue weighted by Crippen LogP contribution is -2.12. The molecule has 14 heavy (non-hydrogen) atoms. The van der Waals surface area contributed by atoms with Gasteiger partial charge in [0.2, 0.25) is 0 Å². The van der Waals surface area contributed by atoms with E-state index in [4.69, 9.17) is 0 Å². The third-order valence-electron chi connectivity index (χ3n) is 2.41. The molecule has 0 aromatic carbocycles. The first-order chi connectivity index (χ1) is 6.56. The van der Waals surface area contributed by atoms with Crippen LogP contribution in [-0.4, -0.2) is 9.67 Å². The van der Waals surface area contributed by atoms with Crippen molar-refractivity contribution in [3.05, 3.63) is 23.5 Å². The summed E-state index contributed by atoms with van der Waals surface area (Å²) >= 11 is 0. The molecular weight excluding hydrogens is 174 g/mol. The van der Waals surface area contributed by atoms with Crippen molar-refractivity contribution in [1.82, 2.24) is 4.57 Å². The van der Waals surface area contributed by atoms with Crippen molar-refractivity contribution >= 4 is 0 Å². The van der Waals surface area contributed by atoms with Crippen LogP contribution in [0.25, 0.3) is 0 Å². The molecule has 0 radical (unpaired) electrons. The highest BCUT2D eigenvalue weighted by molar-refractivity contribution is 5.18. The number of rotatable bonds is 4. The van der Waals surface area contributed by atoms with E-state index >= 15 is 0 Å². The molecule has 0 saturated heterocycles. The lowest BCUT2D eigenvalue weighted by Gasteiger charge is -2.16. The third kappa shape index (κ3) is 2.38. The maximum absolute atomic E-state index is 9.21. The fourth-order valence-electron chi connectivity index (χ4n) is 1.76. The molecule has 1 heterocycles. The summed E-state index contributed by atoms with van der Waals surface area (Å²) in [6.07, 6.45) is 0. The van der Waals surface area contributed by atoms with E-state index in [0.29, 0.717) is 11.8 Å². The van der Waals surface area contributed by atoms with Crippen LogP contribution in [0.4, 0.5) is 0 Å². The second kappa shape index (κ2) is 4.65. The van der Waals surface area contributed by atoms with Crippen molar-refractivity contribution in [2.24, 2.45) is 5.92 Å². The molecule has 0 aliphatic rings. The summed E-state index contributed by atoms with van der Waals surface area (Å²) in [7, 11) is 0. The van der Waals surface area contributed by atoms with E-state index in [0.717, 1.165) is 12.2 Å². The normalized spacial score (nSPS) is 11.6. The van der Waals surface area contributed by atoms with E-state index in [9.17, 15) is 5.11 Å². The number of nitrogens with zero attached hydrogens (tertiary/aromatic N) is 1. The average Bonchev–Trinajstić information content (AvgIpc) is 2.46. The first kappa shape index (κ1) is 11.3. The van der Waals surface area contributed by atoms with Gasteiger partial charge in [0.1, 0.15) is 0 Å². The number of aliphatic hydroxyl groups is 1. The van der Waals surface area contributed by atoms with E-state index in [1.54, 1.807) is 0 Å². The Morgan fingerprint density at radius 2 is 1.86 bits per heavy atom. The number of hydrogen-bond donors (Lipinski definition) is 1. The summed E-state index contributed by atoms with van der Waals surface area (Å²) in [4.78, 5) is 0. The number of aromatic nitrogens is 1. The third-order valence-corrected chi connectivity index (χ3v) is 2.41. The van der Waals surface area contributed by atoms with Crippen LogP contribution in [0.2, 0.25) is 0 Å². The van der Waals surface area contributed by atoms with Crippen LogP contribution in [0, 0.1) is 5.92 Å². The zero-order chi connectivity index (χ0) is 10.7. The highest BCUT2D eigenvalue weighted by atomic mass is 16.3. The van der Waals surface area contributed by atoms with Crippen LogP contribution in [0.3, 0.4) is 0 Å². The zero-order valence-corrected chi connectivity index (χ0v) is 9.62. The summed E-state index contributed by atoms with van der Waals surface area (Å²) in [5.74, 6) is 1.14. The molecule has 1 rings (SSSR count). The first-order valence-electron chi connectivity index (χ1n) is 5.35. The van der Waals surface area contributed by atoms with Crippen molar-refractivity contribution in [3.63, 3.8) is 0 Å². The highest BCUT2D eigenvalue weighted by Gasteiger charge is 2.11. The summed E-state index contributed by atoms with van der Waals surface area (Å²) < 4.78 is 2.25. The zero-order valence-electron chi connectivity index (χ0n) is 9.62. The van der Waals surface area contributed by atoms with Crippen LogP contribution >= 0.6 is 0 Å². The lowest BCUT2D eigenvalue weighted by atomic mass is 10.1. The Balaban J connectivity index is 3.00. The minimum absolute atomic E-state index is 0.138. The Labute approximate surface area is 86.6 Å². The minimum Gasteiger partial charge on any atom is -0.390 e. The smallest absolute Gasteiger partial charge is 0.0832 e. The van der Waals surface area contributed by atoms with Gasteiger partial charge in [0.15, 0.2) is 0 Å². The Kier molecular flexibility index (Phi) is 3.76. The molecule has 0 bridgehead atoms. The van der Waals surface area contributed by atoms with Gasteiger partial charge < -0.3 is 9.67 Å². The fraction of sp³-hybridized carbons (Fsp3) is 0.667. The summed E-state index contributed by atoms with van der Waals surface area (Å²) in [6.45, 7) is 9.91. The van der Waals surface area contributed by atoms with Gasteiger partial charge in [-0.1, -0.05) is 27.7 Å². The minimum atomic E-state index is 0.138. The molecule has 1 N–H and O–H groups in total. The molecule has 2 heteroatoms. The Hall–Kier alpha value is -0.760. The van der Waals surface area contributed by atoms with Crippen molar-refractivity contribution < 1.29 is 5.11 Å². The molecule has 0 saturated carbocycles. The van der Waals surface area contributed by atoms with Crippen LogP contribution in [0.1, 0.15) is 45.0 Å². The number of hydrogen-bond acceptors (Lipinski definition) is 1. The molecule has 0 unspecified atom stereocenters. The van der Waals surface area contributed by atoms with Crippen LogP contribution in [0.15, 0.2) is 12.1 Å². The van der Waals surface area contributed by atoms with Crippen molar-refractivity contribution in [3.8, 4) is 0 Å². The molecule has 0 amide bonds. The van der Waals surface area contributed by atoms with Gasteiger partial charge in [-0.05, 0) is 24.0 Å². The van der Waals surface area contributed by atoms with E-state index in [1.807, 2.05) is 6.07 Å². The second-order valence-electron chi connectivity index (χ2n) is 4.57. The van der Waals surface area contributed by atoms with Gasteiger partial charge in [0.05, 0.1) is 6.61 Å². The summed E-state index contributed by atoms with van der Waals surface area (Å²) in [5.41, 5.74) is 2.35. The summed E-state index contributed by atoms with van der Waals surface area (Å²) in [6, 6.07) is 4.15. The van der Waals surface area contributed by atoms with Gasteiger partial charge in [0, 0.05) is 17.9 Å². The largest absolute Gasteiger partial charge is 0.390 e. The number of aliphatic hydroxyl groups excluding tert-OH is 1. The fourth-order valence-corrected chi connectivity index (χ4v) is 1.76. The van der Waals surface area contributed by atoms with Crippen molar-refractivity contribution in [1.29, 1.82) is 0 Å². The molecule has 0 aliphatic carbocycles. The molecule has 1 aromatic rings. The molecular formula is C12H21NO. The molecule has 0 aliphatic heterocycles. The standard InChI is InChI=1S/C12H21NO/c1-9(2)7-13-11(8-14)5-6-12(13)10(3)4/h5-6,9-10,14H,7-8H2,1-4H3. The quantitative estimate of drug-likeness (QED) is 0.785. The Bertz CT molecular complexity index is 287. The van der Waals surface area contributed by atoms with Crippen LogP contribution in [-0.2, 0) is 13.2 Å². The van der Waals surface area contributed by atoms with Crippen LogP contribution < -0.4 is 0 Å². The van der Waals surface area contributed by atoms with Gasteiger partial charge in [-0.2, -0.15) is 0 Å². The topological polar surface area (TPSA) is 25.2 Å². The molecule has 1 aromatic heterocycles. The predicted octanol–water partition coefficient (Wildman–Crippen LogP) is 2.76. The highest BCUT2D eigenvalue weighted by Crippen LogP contribution is 2.20. The predicted molar refractivity (Wildman–Crippen MR) is 59.3 cm³/mol. The van der Waals surface area contributed by atoms with Gasteiger partial charge in [0.25, 0.3) is 0 Å². The molecule has 2 nitrogen and oxygen atoms in total. The first-order valence-corrected chi connectivity index (χ1v) is 5.35. The van der Waals surface area contributed by atoms with Gasteiger partial charge in [-0.3, -0.25) is 0 Å². The van der Waals surface area contributed by atoms with E-state index in [-0.39, 0.29) is 6.61 Å². The lowest BCUT2D eigenvalue weighted by molar-refractivity contribution is 0.267. The second-order valence-corrected chi connectivity index (χ2v) is 4.57. The SMILES string of the molecule is CC(C)Cn1c(CO)ccc1C(C)C. The van der Waals surface area contributed by atoms with E-state index in [1.165, 1.54) is 5.69 Å². The Morgan fingerprint density at radius 3 is 2.29 bits per heavy atom. The van der Waals surface area contributed by atoms with Gasteiger partial charge in [-0.15, -0.1) is 0 Å². The van der Waals surface area contributed by atoms with Crippen molar-refractivity contribution in [2.75, 3.05) is 0 Å². The molecule has 80 valence electrons. The Morgan fingerprint density at radius 1 is 1.21 bits per heavy atom. The van der Waals surface area contributed by atoms with Crippen LogP contribution in [0.5, 0.6) is 0 Å². The molecule has 0 fully saturated rings.